The maximum absolute atomic E-state index is 10.9. The van der Waals surface area contributed by atoms with Gasteiger partial charge in [0.15, 0.2) is 0 Å². The number of hydrazine groups is 1. The molecular formula is C8H14N2O2S. The molecule has 0 aliphatic rings. The second-order valence-corrected chi connectivity index (χ2v) is 2.72. The summed E-state index contributed by atoms with van der Waals surface area (Å²) >= 11 is 1.29. The van der Waals surface area contributed by atoms with Crippen LogP contribution in [0.1, 0.15) is 23.5 Å². The van der Waals surface area contributed by atoms with E-state index in [0.29, 0.717) is 10.6 Å². The predicted molar refractivity (Wildman–Crippen MR) is 54.8 cm³/mol. The Balaban J connectivity index is 0.000000671. The molecule has 1 heterocycles. The van der Waals surface area contributed by atoms with Gasteiger partial charge < -0.3 is 10.2 Å². The summed E-state index contributed by atoms with van der Waals surface area (Å²) < 4.78 is 4.51. The minimum atomic E-state index is -0.368. The number of esters is 1. The van der Waals surface area contributed by atoms with E-state index in [4.69, 9.17) is 5.84 Å². The smallest absolute Gasteiger partial charge is 0.350 e. The number of nitrogen functional groups attached to an aromatic ring is 1. The van der Waals surface area contributed by atoms with Gasteiger partial charge in [-0.1, -0.05) is 13.8 Å². The Morgan fingerprint density at radius 1 is 1.62 bits per heavy atom. The summed E-state index contributed by atoms with van der Waals surface area (Å²) in [6.45, 7) is 4.00. The highest BCUT2D eigenvalue weighted by Crippen LogP contribution is 2.21. The zero-order chi connectivity index (χ0) is 10.3. The zero-order valence-electron chi connectivity index (χ0n) is 7.96. The average molecular weight is 202 g/mol. The summed E-state index contributed by atoms with van der Waals surface area (Å²) in [4.78, 5) is 11.4. The van der Waals surface area contributed by atoms with Crippen LogP contribution in [0.3, 0.4) is 0 Å². The third kappa shape index (κ3) is 3.04. The topological polar surface area (TPSA) is 64.3 Å². The summed E-state index contributed by atoms with van der Waals surface area (Å²) in [6, 6.07) is 1.72. The van der Waals surface area contributed by atoms with Crippen molar-refractivity contribution in [3.05, 3.63) is 16.3 Å². The number of thiophene rings is 1. The van der Waals surface area contributed by atoms with Crippen molar-refractivity contribution >= 4 is 23.0 Å². The molecule has 0 aromatic carbocycles. The first-order valence-corrected chi connectivity index (χ1v) is 4.80. The zero-order valence-corrected chi connectivity index (χ0v) is 8.77. The fourth-order valence-corrected chi connectivity index (χ4v) is 1.45. The molecule has 0 unspecified atom stereocenters. The van der Waals surface area contributed by atoms with Gasteiger partial charge in [-0.05, 0) is 11.4 Å². The fraction of sp³-hybridized carbons (Fsp3) is 0.375. The lowest BCUT2D eigenvalue weighted by Gasteiger charge is -1.98. The van der Waals surface area contributed by atoms with Gasteiger partial charge in [-0.15, -0.1) is 11.3 Å². The molecule has 1 aromatic rings. The fourth-order valence-electron chi connectivity index (χ4n) is 0.674. The molecule has 0 spiro atoms. The van der Waals surface area contributed by atoms with E-state index in [1.165, 1.54) is 18.4 Å². The minimum absolute atomic E-state index is 0.368. The van der Waals surface area contributed by atoms with Crippen LogP contribution < -0.4 is 11.3 Å². The maximum atomic E-state index is 10.9. The Hall–Kier alpha value is -1.07. The summed E-state index contributed by atoms with van der Waals surface area (Å²) in [7, 11) is 1.34. The Kier molecular flexibility index (Phi) is 5.92. The van der Waals surface area contributed by atoms with Crippen LogP contribution in [0.5, 0.6) is 0 Å². The van der Waals surface area contributed by atoms with Crippen molar-refractivity contribution in [2.24, 2.45) is 5.84 Å². The molecule has 0 bridgehead atoms. The predicted octanol–water partition coefficient (Wildman–Crippen LogP) is 1.85. The molecule has 0 aliphatic heterocycles. The molecule has 0 aliphatic carbocycles. The van der Waals surface area contributed by atoms with E-state index < -0.39 is 0 Å². The third-order valence-corrected chi connectivity index (χ3v) is 2.09. The van der Waals surface area contributed by atoms with Crippen LogP contribution in [0.2, 0.25) is 0 Å². The van der Waals surface area contributed by atoms with Crippen LogP contribution in [0.15, 0.2) is 11.4 Å². The number of rotatable bonds is 2. The number of carbonyl (C=O) groups is 1. The highest BCUT2D eigenvalue weighted by atomic mass is 32.1. The molecule has 0 radical (unpaired) electrons. The lowest BCUT2D eigenvalue weighted by atomic mass is 10.4. The Morgan fingerprint density at radius 3 is 2.69 bits per heavy atom. The van der Waals surface area contributed by atoms with E-state index >= 15 is 0 Å². The van der Waals surface area contributed by atoms with Gasteiger partial charge in [0.05, 0.1) is 12.8 Å². The molecule has 13 heavy (non-hydrogen) atoms. The molecule has 1 aromatic heterocycles. The second-order valence-electron chi connectivity index (χ2n) is 1.80. The van der Waals surface area contributed by atoms with E-state index in [-0.39, 0.29) is 5.97 Å². The van der Waals surface area contributed by atoms with Crippen molar-refractivity contribution < 1.29 is 9.53 Å². The second kappa shape index (κ2) is 6.45. The molecule has 0 saturated carbocycles. The molecule has 0 amide bonds. The first-order chi connectivity index (χ1) is 6.29. The number of nitrogens with two attached hydrogens (primary N) is 1. The molecule has 74 valence electrons. The van der Waals surface area contributed by atoms with E-state index in [0.717, 1.165) is 0 Å². The van der Waals surface area contributed by atoms with Crippen LogP contribution in [0.4, 0.5) is 5.69 Å². The van der Waals surface area contributed by atoms with Crippen molar-refractivity contribution in [1.29, 1.82) is 0 Å². The van der Waals surface area contributed by atoms with E-state index in [1.54, 1.807) is 11.4 Å². The molecular weight excluding hydrogens is 188 g/mol. The molecule has 0 atom stereocenters. The number of ether oxygens (including phenoxy) is 1. The Morgan fingerprint density at radius 2 is 2.23 bits per heavy atom. The molecule has 0 saturated heterocycles. The monoisotopic (exact) mass is 202 g/mol. The molecule has 5 heteroatoms. The average Bonchev–Trinajstić information content (AvgIpc) is 2.67. The normalized spacial score (nSPS) is 8.31. The molecule has 1 rings (SSSR count). The molecule has 4 nitrogen and oxygen atoms in total. The highest BCUT2D eigenvalue weighted by molar-refractivity contribution is 7.12. The van der Waals surface area contributed by atoms with Crippen LogP contribution in [-0.2, 0) is 4.74 Å². The quantitative estimate of drug-likeness (QED) is 0.436. The lowest BCUT2D eigenvalue weighted by Crippen LogP contribution is -2.10. The minimum Gasteiger partial charge on any atom is -0.465 e. The van der Waals surface area contributed by atoms with Gasteiger partial charge in [0.1, 0.15) is 4.88 Å². The molecule has 3 N–H and O–H groups in total. The number of methoxy groups -OCH3 is 1. The van der Waals surface area contributed by atoms with Gasteiger partial charge in [0, 0.05) is 0 Å². The van der Waals surface area contributed by atoms with Crippen LogP contribution in [0, 0.1) is 0 Å². The van der Waals surface area contributed by atoms with E-state index in [1.807, 2.05) is 13.8 Å². The number of hydrogen-bond acceptors (Lipinski definition) is 5. The number of hydrogen-bond donors (Lipinski definition) is 2. The van der Waals surface area contributed by atoms with Gasteiger partial charge in [0.25, 0.3) is 0 Å². The van der Waals surface area contributed by atoms with Gasteiger partial charge >= 0.3 is 5.97 Å². The summed E-state index contributed by atoms with van der Waals surface area (Å²) in [5, 5.41) is 1.77. The first-order valence-electron chi connectivity index (χ1n) is 3.92. The SMILES string of the molecule is CC.COC(=O)c1sccc1NN. The van der Waals surface area contributed by atoms with E-state index in [2.05, 4.69) is 10.2 Å². The number of anilines is 1. The number of carbonyl (C=O) groups excluding carboxylic acids is 1. The van der Waals surface area contributed by atoms with Gasteiger partial charge in [-0.3, -0.25) is 5.84 Å². The van der Waals surface area contributed by atoms with Crippen molar-refractivity contribution in [3.63, 3.8) is 0 Å². The summed E-state index contributed by atoms with van der Waals surface area (Å²) in [5.41, 5.74) is 3.00. The van der Waals surface area contributed by atoms with Crippen molar-refractivity contribution in [1.82, 2.24) is 0 Å². The lowest BCUT2D eigenvalue weighted by molar-refractivity contribution is 0.0607. The number of nitrogens with one attached hydrogen (secondary N) is 1. The summed E-state index contributed by atoms with van der Waals surface area (Å²) in [6.07, 6.45) is 0. The maximum Gasteiger partial charge on any atom is 0.350 e. The third-order valence-electron chi connectivity index (χ3n) is 1.19. The largest absolute Gasteiger partial charge is 0.465 e. The van der Waals surface area contributed by atoms with Crippen molar-refractivity contribution in [2.75, 3.05) is 12.5 Å². The van der Waals surface area contributed by atoms with E-state index in [9.17, 15) is 4.79 Å². The Labute approximate surface area is 81.7 Å². The van der Waals surface area contributed by atoms with Crippen LogP contribution in [0.25, 0.3) is 0 Å². The Bertz CT molecular complexity index is 260. The van der Waals surface area contributed by atoms with Gasteiger partial charge in [-0.2, -0.15) is 0 Å². The van der Waals surface area contributed by atoms with Gasteiger partial charge in [0.2, 0.25) is 0 Å². The standard InChI is InChI=1S/C6H8N2O2S.C2H6/c1-10-6(9)5-4(8-7)2-3-11-5;1-2/h2-3,8H,7H2,1H3;1-2H3. The first kappa shape index (κ1) is 11.9. The van der Waals surface area contributed by atoms with Crippen molar-refractivity contribution in [2.45, 2.75) is 13.8 Å². The van der Waals surface area contributed by atoms with Gasteiger partial charge in [-0.25, -0.2) is 4.79 Å². The van der Waals surface area contributed by atoms with Crippen molar-refractivity contribution in [3.8, 4) is 0 Å². The summed E-state index contributed by atoms with van der Waals surface area (Å²) in [5.74, 6) is 4.77. The molecule has 0 fully saturated rings. The van der Waals surface area contributed by atoms with Crippen LogP contribution in [-0.4, -0.2) is 13.1 Å². The highest BCUT2D eigenvalue weighted by Gasteiger charge is 2.11. The van der Waals surface area contributed by atoms with Crippen LogP contribution >= 0.6 is 11.3 Å².